The minimum atomic E-state index is -0.0962. The van der Waals surface area contributed by atoms with Gasteiger partial charge in [0.15, 0.2) is 0 Å². The molecule has 3 heteroatoms. The average molecular weight is 265 g/mol. The fourth-order valence-corrected chi connectivity index (χ4v) is 3.63. The van der Waals surface area contributed by atoms with Gasteiger partial charge in [-0.3, -0.25) is 0 Å². The van der Waals surface area contributed by atoms with E-state index in [0.717, 1.165) is 29.6 Å². The molecule has 1 nitrogen and oxygen atoms in total. The molecule has 0 aliphatic heterocycles. The first kappa shape index (κ1) is 13.5. The van der Waals surface area contributed by atoms with E-state index in [0.29, 0.717) is 5.92 Å². The van der Waals surface area contributed by atoms with Gasteiger partial charge in [0.1, 0.15) is 5.82 Å². The Morgan fingerprint density at radius 2 is 2.11 bits per heavy atom. The van der Waals surface area contributed by atoms with E-state index >= 15 is 0 Å². The van der Waals surface area contributed by atoms with Crippen LogP contribution in [0.3, 0.4) is 0 Å². The first-order chi connectivity index (χ1) is 8.65. The van der Waals surface area contributed by atoms with Crippen molar-refractivity contribution < 1.29 is 4.39 Å². The Kier molecular flexibility index (Phi) is 4.36. The molecule has 2 aromatic rings. The predicted octanol–water partition coefficient (Wildman–Crippen LogP) is 4.66. The predicted molar refractivity (Wildman–Crippen MR) is 77.9 cm³/mol. The summed E-state index contributed by atoms with van der Waals surface area (Å²) in [6.07, 6.45) is 1.12. The quantitative estimate of drug-likeness (QED) is 0.775. The number of nitrogens with one attached hydrogen (secondary N) is 1. The highest BCUT2D eigenvalue weighted by molar-refractivity contribution is 7.19. The summed E-state index contributed by atoms with van der Waals surface area (Å²) in [6, 6.07) is 5.39. The third-order valence-electron chi connectivity index (χ3n) is 3.07. The summed E-state index contributed by atoms with van der Waals surface area (Å²) in [5.41, 5.74) is 1.30. The van der Waals surface area contributed by atoms with Gasteiger partial charge in [-0.1, -0.05) is 32.9 Å². The summed E-state index contributed by atoms with van der Waals surface area (Å²) in [5.74, 6) is 0.333. The topological polar surface area (TPSA) is 12.0 Å². The minimum absolute atomic E-state index is 0.0962. The van der Waals surface area contributed by atoms with Crippen molar-refractivity contribution >= 4 is 21.4 Å². The van der Waals surface area contributed by atoms with Crippen LogP contribution in [0.1, 0.15) is 43.6 Å². The lowest BCUT2D eigenvalue weighted by molar-refractivity contribution is 0.641. The lowest BCUT2D eigenvalue weighted by Crippen LogP contribution is -2.14. The number of thiophene rings is 1. The van der Waals surface area contributed by atoms with Gasteiger partial charge in [0.25, 0.3) is 0 Å². The zero-order valence-electron chi connectivity index (χ0n) is 11.2. The summed E-state index contributed by atoms with van der Waals surface area (Å²) in [6.45, 7) is 8.36. The molecule has 0 aliphatic rings. The smallest absolute Gasteiger partial charge is 0.141 e. The van der Waals surface area contributed by atoms with Crippen molar-refractivity contribution in [3.63, 3.8) is 0 Å². The van der Waals surface area contributed by atoms with E-state index in [1.165, 1.54) is 10.4 Å². The normalized spacial score (nSPS) is 11.6. The maximum Gasteiger partial charge on any atom is 0.141 e. The third-order valence-corrected chi connectivity index (χ3v) is 4.30. The van der Waals surface area contributed by atoms with Crippen molar-refractivity contribution in [1.29, 1.82) is 0 Å². The Bertz CT molecular complexity index is 531. The van der Waals surface area contributed by atoms with Crippen LogP contribution >= 0.6 is 11.3 Å². The molecule has 0 atom stereocenters. The summed E-state index contributed by atoms with van der Waals surface area (Å²) >= 11 is 1.59. The van der Waals surface area contributed by atoms with Crippen LogP contribution in [0.2, 0.25) is 0 Å². The van der Waals surface area contributed by atoms with Gasteiger partial charge in [-0.2, -0.15) is 0 Å². The number of rotatable bonds is 5. The average Bonchev–Trinajstić information content (AvgIpc) is 2.69. The molecule has 1 heterocycles. The number of hydrogen-bond donors (Lipinski definition) is 1. The van der Waals surface area contributed by atoms with Gasteiger partial charge in [0.2, 0.25) is 0 Å². The Morgan fingerprint density at radius 3 is 2.78 bits per heavy atom. The molecule has 1 aromatic carbocycles. The highest BCUT2D eigenvalue weighted by Gasteiger charge is 2.16. The van der Waals surface area contributed by atoms with E-state index in [4.69, 9.17) is 0 Å². The van der Waals surface area contributed by atoms with Crippen molar-refractivity contribution in [2.24, 2.45) is 0 Å². The molecule has 0 saturated carbocycles. The van der Waals surface area contributed by atoms with Gasteiger partial charge in [0, 0.05) is 11.4 Å². The van der Waals surface area contributed by atoms with Crippen LogP contribution < -0.4 is 5.32 Å². The standard InChI is InChI=1S/C15H20FNS/c1-4-8-17-9-13-14(10(2)3)11-6-5-7-12(16)15(11)18-13/h5-7,10,17H,4,8-9H2,1-3H3. The molecular weight excluding hydrogens is 245 g/mol. The van der Waals surface area contributed by atoms with Crippen molar-refractivity contribution in [1.82, 2.24) is 5.32 Å². The molecule has 0 fully saturated rings. The van der Waals surface area contributed by atoms with Crippen LogP contribution in [-0.2, 0) is 6.54 Å². The molecule has 18 heavy (non-hydrogen) atoms. The fraction of sp³-hybridized carbons (Fsp3) is 0.467. The van der Waals surface area contributed by atoms with Crippen molar-refractivity contribution in [2.75, 3.05) is 6.54 Å². The van der Waals surface area contributed by atoms with E-state index in [9.17, 15) is 4.39 Å². The monoisotopic (exact) mass is 265 g/mol. The summed E-state index contributed by atoms with van der Waals surface area (Å²) in [7, 11) is 0. The second-order valence-corrected chi connectivity index (χ2v) is 5.99. The van der Waals surface area contributed by atoms with Gasteiger partial charge in [-0.15, -0.1) is 11.3 Å². The molecule has 0 unspecified atom stereocenters. The number of hydrogen-bond acceptors (Lipinski definition) is 2. The Labute approximate surface area is 112 Å². The van der Waals surface area contributed by atoms with E-state index < -0.39 is 0 Å². The lowest BCUT2D eigenvalue weighted by atomic mass is 9.99. The van der Waals surface area contributed by atoms with Crippen LogP contribution in [0.5, 0.6) is 0 Å². The molecule has 2 rings (SSSR count). The first-order valence-electron chi connectivity index (χ1n) is 6.55. The molecule has 0 saturated heterocycles. The highest BCUT2D eigenvalue weighted by Crippen LogP contribution is 2.37. The van der Waals surface area contributed by atoms with Gasteiger partial charge < -0.3 is 5.32 Å². The van der Waals surface area contributed by atoms with Crippen molar-refractivity contribution in [3.8, 4) is 0 Å². The Morgan fingerprint density at radius 1 is 1.33 bits per heavy atom. The van der Waals surface area contributed by atoms with Crippen LogP contribution in [0, 0.1) is 5.82 Å². The van der Waals surface area contributed by atoms with Crippen LogP contribution in [-0.4, -0.2) is 6.54 Å². The molecule has 98 valence electrons. The summed E-state index contributed by atoms with van der Waals surface area (Å²) in [4.78, 5) is 1.28. The van der Waals surface area contributed by atoms with Crippen molar-refractivity contribution in [2.45, 2.75) is 39.7 Å². The van der Waals surface area contributed by atoms with Gasteiger partial charge >= 0.3 is 0 Å². The van der Waals surface area contributed by atoms with Crippen LogP contribution in [0.4, 0.5) is 4.39 Å². The van der Waals surface area contributed by atoms with Crippen LogP contribution in [0.25, 0.3) is 10.1 Å². The number of benzene rings is 1. The van der Waals surface area contributed by atoms with Crippen LogP contribution in [0.15, 0.2) is 18.2 Å². The Balaban J connectivity index is 2.44. The largest absolute Gasteiger partial charge is 0.312 e. The van der Waals surface area contributed by atoms with Gasteiger partial charge in [-0.25, -0.2) is 4.39 Å². The van der Waals surface area contributed by atoms with E-state index in [1.807, 2.05) is 6.07 Å². The van der Waals surface area contributed by atoms with E-state index in [-0.39, 0.29) is 5.82 Å². The minimum Gasteiger partial charge on any atom is -0.312 e. The molecule has 0 spiro atoms. The molecular formula is C15H20FNS. The molecule has 0 amide bonds. The lowest BCUT2D eigenvalue weighted by Gasteiger charge is -2.08. The highest BCUT2D eigenvalue weighted by atomic mass is 32.1. The van der Waals surface area contributed by atoms with Gasteiger partial charge in [-0.05, 0) is 35.9 Å². The molecule has 0 bridgehead atoms. The molecule has 1 aromatic heterocycles. The summed E-state index contributed by atoms with van der Waals surface area (Å²) in [5, 5.41) is 4.50. The summed E-state index contributed by atoms with van der Waals surface area (Å²) < 4.78 is 14.6. The fourth-order valence-electron chi connectivity index (χ4n) is 2.30. The Hall–Kier alpha value is -0.930. The van der Waals surface area contributed by atoms with Gasteiger partial charge in [0.05, 0.1) is 4.70 Å². The number of fused-ring (bicyclic) bond motifs is 1. The van der Waals surface area contributed by atoms with Crippen molar-refractivity contribution in [3.05, 3.63) is 34.5 Å². The molecule has 1 N–H and O–H groups in total. The number of halogens is 1. The first-order valence-corrected chi connectivity index (χ1v) is 7.37. The second kappa shape index (κ2) is 5.81. The van der Waals surface area contributed by atoms with E-state index in [1.54, 1.807) is 23.5 Å². The molecule has 0 aliphatic carbocycles. The third kappa shape index (κ3) is 2.57. The van der Waals surface area contributed by atoms with E-state index in [2.05, 4.69) is 26.1 Å². The zero-order chi connectivity index (χ0) is 13.1. The second-order valence-electron chi connectivity index (χ2n) is 4.89. The maximum atomic E-state index is 13.8. The maximum absolute atomic E-state index is 13.8. The SMILES string of the molecule is CCCNCc1sc2c(F)cccc2c1C(C)C. The zero-order valence-corrected chi connectivity index (χ0v) is 12.0. The molecule has 0 radical (unpaired) electrons.